The van der Waals surface area contributed by atoms with Crippen LogP contribution in [0.2, 0.25) is 0 Å². The molecule has 0 aromatic carbocycles. The van der Waals surface area contributed by atoms with Gasteiger partial charge in [0, 0.05) is 6.42 Å². The Morgan fingerprint density at radius 2 is 2.09 bits per heavy atom. The van der Waals surface area contributed by atoms with Gasteiger partial charge >= 0.3 is 0 Å². The average Bonchev–Trinajstić information content (AvgIpc) is 2.03. The third kappa shape index (κ3) is 8.79. The molecule has 0 aliphatic rings. The number of rotatable bonds is 3. The molecular weight excluding hydrogens is 136 g/mol. The molecule has 1 heteroatoms. The molecule has 0 amide bonds. The summed E-state index contributed by atoms with van der Waals surface area (Å²) in [5, 5.41) is 0. The first-order valence-electron chi connectivity index (χ1n) is 3.84. The number of hydrogen-bond acceptors (Lipinski definition) is 1. The van der Waals surface area contributed by atoms with Crippen LogP contribution >= 0.6 is 0 Å². The lowest BCUT2D eigenvalue weighted by Crippen LogP contribution is -1.70. The van der Waals surface area contributed by atoms with Crippen LogP contribution in [0.1, 0.15) is 32.6 Å². The van der Waals surface area contributed by atoms with Gasteiger partial charge in [0.05, 0.1) is 0 Å². The normalized spacial score (nSPS) is 7.00. The quantitative estimate of drug-likeness (QED) is 0.338. The number of aldehydes is 1. The van der Waals surface area contributed by atoms with Crippen molar-refractivity contribution in [2.75, 3.05) is 0 Å². The second kappa shape index (κ2) is 8.79. The molecule has 0 spiro atoms. The second-order valence-electron chi connectivity index (χ2n) is 2.15. The van der Waals surface area contributed by atoms with Gasteiger partial charge in [-0.3, -0.25) is 4.79 Å². The summed E-state index contributed by atoms with van der Waals surface area (Å²) >= 11 is 0. The molecule has 0 aromatic rings. The van der Waals surface area contributed by atoms with Crippen LogP contribution in [-0.2, 0) is 4.79 Å². The van der Waals surface area contributed by atoms with Crippen molar-refractivity contribution >= 4 is 6.29 Å². The standard InChI is InChI=1S/C10H12O/c1-2-3-4-5-6-7-8-9-10-11/h10H,2-5H2,1H3. The fraction of sp³-hybridized carbons (Fsp3) is 0.500. The van der Waals surface area contributed by atoms with Gasteiger partial charge in [-0.2, -0.15) is 0 Å². The topological polar surface area (TPSA) is 17.1 Å². The lowest BCUT2D eigenvalue weighted by atomic mass is 10.2. The number of carbonyl (C=O) groups is 1. The van der Waals surface area contributed by atoms with Crippen molar-refractivity contribution in [2.45, 2.75) is 32.6 Å². The maximum atomic E-state index is 9.70. The fourth-order valence-electron chi connectivity index (χ4n) is 0.636. The number of carbonyl (C=O) groups excluding carboxylic acids is 1. The molecular formula is C10H12O. The summed E-state index contributed by atoms with van der Waals surface area (Å²) in [4.78, 5) is 9.70. The van der Waals surface area contributed by atoms with Crippen LogP contribution in [0.4, 0.5) is 0 Å². The summed E-state index contributed by atoms with van der Waals surface area (Å²) in [6.45, 7) is 2.15. The predicted octanol–water partition coefficient (Wildman–Crippen LogP) is 1.77. The van der Waals surface area contributed by atoms with Crippen LogP contribution in [0.3, 0.4) is 0 Å². The van der Waals surface area contributed by atoms with Crippen LogP contribution in [0.15, 0.2) is 0 Å². The molecule has 1 nitrogen and oxygen atoms in total. The van der Waals surface area contributed by atoms with E-state index < -0.39 is 0 Å². The van der Waals surface area contributed by atoms with E-state index in [2.05, 4.69) is 30.6 Å². The smallest absolute Gasteiger partial charge is 0.193 e. The van der Waals surface area contributed by atoms with E-state index in [4.69, 9.17) is 0 Å². The van der Waals surface area contributed by atoms with E-state index in [1.54, 1.807) is 0 Å². The third-order valence-corrected chi connectivity index (χ3v) is 1.19. The summed E-state index contributed by atoms with van der Waals surface area (Å²) in [5.74, 6) is 10.1. The van der Waals surface area contributed by atoms with Gasteiger partial charge in [0.25, 0.3) is 0 Å². The van der Waals surface area contributed by atoms with Gasteiger partial charge < -0.3 is 0 Å². The largest absolute Gasteiger partial charge is 0.289 e. The minimum Gasteiger partial charge on any atom is -0.289 e. The van der Waals surface area contributed by atoms with Crippen LogP contribution in [-0.4, -0.2) is 6.29 Å². The Kier molecular flexibility index (Phi) is 7.82. The van der Waals surface area contributed by atoms with Crippen LogP contribution in [0, 0.1) is 23.7 Å². The molecule has 0 aliphatic heterocycles. The van der Waals surface area contributed by atoms with Crippen molar-refractivity contribution < 1.29 is 4.79 Å². The van der Waals surface area contributed by atoms with E-state index in [1.165, 1.54) is 12.8 Å². The average molecular weight is 148 g/mol. The van der Waals surface area contributed by atoms with Crippen molar-refractivity contribution in [1.82, 2.24) is 0 Å². The van der Waals surface area contributed by atoms with Crippen LogP contribution < -0.4 is 0 Å². The molecule has 0 N–H and O–H groups in total. The second-order valence-corrected chi connectivity index (χ2v) is 2.15. The van der Waals surface area contributed by atoms with E-state index in [0.29, 0.717) is 6.29 Å². The van der Waals surface area contributed by atoms with Crippen LogP contribution in [0.25, 0.3) is 0 Å². The molecule has 0 fully saturated rings. The zero-order valence-electron chi connectivity index (χ0n) is 6.81. The number of unbranched alkanes of at least 4 members (excludes halogenated alkanes) is 3. The maximum Gasteiger partial charge on any atom is 0.193 e. The molecule has 0 saturated heterocycles. The van der Waals surface area contributed by atoms with Gasteiger partial charge in [-0.1, -0.05) is 25.7 Å². The molecule has 58 valence electrons. The van der Waals surface area contributed by atoms with Gasteiger partial charge in [0.15, 0.2) is 6.29 Å². The first-order valence-corrected chi connectivity index (χ1v) is 3.84. The van der Waals surface area contributed by atoms with E-state index in [-0.39, 0.29) is 0 Å². The fourth-order valence-corrected chi connectivity index (χ4v) is 0.636. The van der Waals surface area contributed by atoms with E-state index in [1.807, 2.05) is 0 Å². The number of hydrogen-bond donors (Lipinski definition) is 0. The van der Waals surface area contributed by atoms with Crippen molar-refractivity contribution in [3.05, 3.63) is 0 Å². The first kappa shape index (κ1) is 9.79. The molecule has 0 rings (SSSR count). The Bertz CT molecular complexity index is 206. The summed E-state index contributed by atoms with van der Waals surface area (Å²) in [6, 6.07) is 0. The zero-order valence-corrected chi connectivity index (χ0v) is 6.81. The predicted molar refractivity (Wildman–Crippen MR) is 45.8 cm³/mol. The molecule has 0 atom stereocenters. The van der Waals surface area contributed by atoms with Crippen LogP contribution in [0.5, 0.6) is 0 Å². The maximum absolute atomic E-state index is 9.70. The Morgan fingerprint density at radius 1 is 1.27 bits per heavy atom. The van der Waals surface area contributed by atoms with E-state index in [9.17, 15) is 4.79 Å². The molecule has 0 heterocycles. The molecule has 0 aromatic heterocycles. The summed E-state index contributed by atoms with van der Waals surface area (Å²) in [5.41, 5.74) is 0. The van der Waals surface area contributed by atoms with Crippen molar-refractivity contribution in [3.8, 4) is 23.7 Å². The monoisotopic (exact) mass is 148 g/mol. The molecule has 0 bridgehead atoms. The van der Waals surface area contributed by atoms with E-state index >= 15 is 0 Å². The summed E-state index contributed by atoms with van der Waals surface area (Å²) in [7, 11) is 0. The lowest BCUT2D eigenvalue weighted by Gasteiger charge is -1.86. The Morgan fingerprint density at radius 3 is 2.73 bits per heavy atom. The third-order valence-electron chi connectivity index (χ3n) is 1.19. The Hall–Kier alpha value is -1.21. The lowest BCUT2D eigenvalue weighted by molar-refractivity contribution is -0.103. The van der Waals surface area contributed by atoms with Crippen molar-refractivity contribution in [3.63, 3.8) is 0 Å². The Balaban J connectivity index is 3.33. The zero-order chi connectivity index (χ0) is 8.36. The highest BCUT2D eigenvalue weighted by molar-refractivity contribution is 5.73. The molecule has 0 radical (unpaired) electrons. The van der Waals surface area contributed by atoms with Gasteiger partial charge in [0.1, 0.15) is 0 Å². The Labute approximate surface area is 68.2 Å². The van der Waals surface area contributed by atoms with Crippen molar-refractivity contribution in [2.24, 2.45) is 0 Å². The highest BCUT2D eigenvalue weighted by Crippen LogP contribution is 1.96. The van der Waals surface area contributed by atoms with E-state index in [0.717, 1.165) is 12.8 Å². The highest BCUT2D eigenvalue weighted by Gasteiger charge is 1.79. The van der Waals surface area contributed by atoms with Gasteiger partial charge in [0.2, 0.25) is 0 Å². The minimum absolute atomic E-state index is 0.556. The van der Waals surface area contributed by atoms with Gasteiger partial charge in [-0.25, -0.2) is 0 Å². The van der Waals surface area contributed by atoms with Crippen molar-refractivity contribution in [1.29, 1.82) is 0 Å². The molecule has 0 aliphatic carbocycles. The molecule has 0 saturated carbocycles. The van der Waals surface area contributed by atoms with Gasteiger partial charge in [-0.15, -0.1) is 0 Å². The minimum atomic E-state index is 0.556. The summed E-state index contributed by atoms with van der Waals surface area (Å²) in [6.07, 6.45) is 5.01. The SMILES string of the molecule is CCCCCC#CC#CC=O. The first-order chi connectivity index (χ1) is 5.41. The molecule has 11 heavy (non-hydrogen) atoms. The van der Waals surface area contributed by atoms with Gasteiger partial charge in [-0.05, 0) is 24.2 Å². The molecule has 0 unspecified atom stereocenters. The summed E-state index contributed by atoms with van der Waals surface area (Å²) < 4.78 is 0. The highest BCUT2D eigenvalue weighted by atomic mass is 16.1.